The van der Waals surface area contributed by atoms with Gasteiger partial charge in [-0.3, -0.25) is 4.57 Å². The average molecular weight is 397 g/mol. The molecule has 4 aromatic carbocycles. The number of nitrogens with zero attached hydrogens (tertiary/aromatic N) is 3. The molecular weight excluding hydrogens is 378 g/mol. The van der Waals surface area contributed by atoms with Gasteiger partial charge in [0.2, 0.25) is 0 Å². The van der Waals surface area contributed by atoms with E-state index in [0.29, 0.717) is 5.56 Å². The summed E-state index contributed by atoms with van der Waals surface area (Å²) in [5, 5.41) is 9.15. The lowest BCUT2D eigenvalue weighted by Gasteiger charge is -2.18. The van der Waals surface area contributed by atoms with Crippen molar-refractivity contribution in [2.24, 2.45) is 0 Å². The van der Waals surface area contributed by atoms with Crippen molar-refractivity contribution in [3.05, 3.63) is 121 Å². The monoisotopic (exact) mass is 397 g/mol. The van der Waals surface area contributed by atoms with Gasteiger partial charge in [0.15, 0.2) is 0 Å². The smallest absolute Gasteiger partial charge is 0.144 e. The minimum absolute atomic E-state index is 0.636. The van der Waals surface area contributed by atoms with Gasteiger partial charge in [0.25, 0.3) is 0 Å². The van der Waals surface area contributed by atoms with Crippen LogP contribution in [-0.4, -0.2) is 9.55 Å². The standard InChI is InChI=1S/C28H19N3/c29-20-21-14-16-24(17-15-21)28-30-18-19-31(28)27-25(22-8-3-1-4-9-22)12-7-13-26(27)23-10-5-2-6-11-23/h1-19H. The van der Waals surface area contributed by atoms with Crippen LogP contribution in [0.3, 0.4) is 0 Å². The molecule has 0 aliphatic carbocycles. The number of nitriles is 1. The van der Waals surface area contributed by atoms with Crippen molar-refractivity contribution in [3.8, 4) is 45.4 Å². The van der Waals surface area contributed by atoms with Crippen LogP contribution in [0.4, 0.5) is 0 Å². The topological polar surface area (TPSA) is 41.6 Å². The van der Waals surface area contributed by atoms with E-state index in [2.05, 4.69) is 82.4 Å². The van der Waals surface area contributed by atoms with E-state index in [1.165, 1.54) is 0 Å². The molecule has 0 radical (unpaired) electrons. The number of hydrogen-bond donors (Lipinski definition) is 0. The summed E-state index contributed by atoms with van der Waals surface area (Å²) in [6.45, 7) is 0. The average Bonchev–Trinajstić information content (AvgIpc) is 3.34. The molecule has 0 amide bonds. The first-order valence-electron chi connectivity index (χ1n) is 10.1. The highest BCUT2D eigenvalue weighted by Gasteiger charge is 2.17. The summed E-state index contributed by atoms with van der Waals surface area (Å²) in [5.41, 5.74) is 7.24. The van der Waals surface area contributed by atoms with Crippen molar-refractivity contribution in [3.63, 3.8) is 0 Å². The van der Waals surface area contributed by atoms with Gasteiger partial charge in [-0.25, -0.2) is 4.98 Å². The summed E-state index contributed by atoms with van der Waals surface area (Å²) in [6, 6.07) is 37.0. The minimum atomic E-state index is 0.636. The first-order chi connectivity index (χ1) is 15.3. The number of hydrogen-bond acceptors (Lipinski definition) is 2. The quantitative estimate of drug-likeness (QED) is 0.337. The van der Waals surface area contributed by atoms with Gasteiger partial charge in [0.1, 0.15) is 5.82 Å². The maximum absolute atomic E-state index is 9.15. The highest BCUT2D eigenvalue weighted by atomic mass is 15.1. The maximum atomic E-state index is 9.15. The van der Waals surface area contributed by atoms with Crippen molar-refractivity contribution in [2.45, 2.75) is 0 Å². The Hall–Kier alpha value is -4.42. The Morgan fingerprint density at radius 1 is 0.613 bits per heavy atom. The Labute approximate surface area is 181 Å². The molecule has 0 bridgehead atoms. The molecule has 0 saturated heterocycles. The zero-order valence-corrected chi connectivity index (χ0v) is 16.8. The van der Waals surface area contributed by atoms with Crippen molar-refractivity contribution in [1.29, 1.82) is 5.26 Å². The van der Waals surface area contributed by atoms with Gasteiger partial charge in [0.05, 0.1) is 17.3 Å². The van der Waals surface area contributed by atoms with E-state index in [9.17, 15) is 0 Å². The van der Waals surface area contributed by atoms with Crippen LogP contribution < -0.4 is 0 Å². The second-order valence-electron chi connectivity index (χ2n) is 7.24. The molecule has 31 heavy (non-hydrogen) atoms. The fourth-order valence-corrected chi connectivity index (χ4v) is 3.90. The molecule has 0 unspecified atom stereocenters. The molecule has 0 saturated carbocycles. The Balaban J connectivity index is 1.78. The number of benzene rings is 4. The van der Waals surface area contributed by atoms with E-state index in [-0.39, 0.29) is 0 Å². The molecule has 0 aliphatic heterocycles. The summed E-state index contributed by atoms with van der Waals surface area (Å²) >= 11 is 0. The maximum Gasteiger partial charge on any atom is 0.144 e. The van der Waals surface area contributed by atoms with E-state index in [0.717, 1.165) is 39.3 Å². The van der Waals surface area contributed by atoms with Gasteiger partial charge in [-0.05, 0) is 35.4 Å². The van der Waals surface area contributed by atoms with E-state index >= 15 is 0 Å². The lowest BCUT2D eigenvalue weighted by Crippen LogP contribution is -2.02. The van der Waals surface area contributed by atoms with E-state index in [1.807, 2.05) is 48.8 Å². The highest BCUT2D eigenvalue weighted by Crippen LogP contribution is 2.37. The molecule has 3 nitrogen and oxygen atoms in total. The van der Waals surface area contributed by atoms with Crippen molar-refractivity contribution < 1.29 is 0 Å². The second kappa shape index (κ2) is 8.14. The number of rotatable bonds is 4. The van der Waals surface area contributed by atoms with Crippen LogP contribution in [0.25, 0.3) is 39.3 Å². The highest BCUT2D eigenvalue weighted by molar-refractivity contribution is 5.86. The molecule has 0 N–H and O–H groups in total. The molecule has 0 fully saturated rings. The molecule has 3 heteroatoms. The van der Waals surface area contributed by atoms with E-state index in [1.54, 1.807) is 0 Å². The van der Waals surface area contributed by atoms with Crippen molar-refractivity contribution in [1.82, 2.24) is 9.55 Å². The SMILES string of the molecule is N#Cc1ccc(-c2nccn2-c2c(-c3ccccc3)cccc2-c2ccccc2)cc1. The zero-order chi connectivity index (χ0) is 21.0. The van der Waals surface area contributed by atoms with E-state index < -0.39 is 0 Å². The van der Waals surface area contributed by atoms with Crippen LogP contribution in [0.5, 0.6) is 0 Å². The van der Waals surface area contributed by atoms with Gasteiger partial charge in [0, 0.05) is 29.1 Å². The Morgan fingerprint density at radius 3 is 1.74 bits per heavy atom. The van der Waals surface area contributed by atoms with Gasteiger partial charge in [-0.15, -0.1) is 0 Å². The second-order valence-corrected chi connectivity index (χ2v) is 7.24. The van der Waals surface area contributed by atoms with Crippen LogP contribution in [0.2, 0.25) is 0 Å². The summed E-state index contributed by atoms with van der Waals surface area (Å²) in [4.78, 5) is 4.67. The van der Waals surface area contributed by atoms with Crippen molar-refractivity contribution >= 4 is 0 Å². The molecule has 5 aromatic rings. The molecule has 0 spiro atoms. The number of para-hydroxylation sites is 1. The van der Waals surface area contributed by atoms with Crippen LogP contribution in [0, 0.1) is 11.3 Å². The number of aromatic nitrogens is 2. The fourth-order valence-electron chi connectivity index (χ4n) is 3.90. The van der Waals surface area contributed by atoms with Crippen LogP contribution in [0.1, 0.15) is 5.56 Å². The zero-order valence-electron chi connectivity index (χ0n) is 16.8. The third-order valence-corrected chi connectivity index (χ3v) is 5.36. The predicted octanol–water partition coefficient (Wildman–Crippen LogP) is 6.74. The molecule has 0 aliphatic rings. The minimum Gasteiger partial charge on any atom is -0.299 e. The first-order valence-corrected chi connectivity index (χ1v) is 10.1. The molecule has 5 rings (SSSR count). The molecule has 0 atom stereocenters. The molecule has 1 aromatic heterocycles. The Bertz CT molecular complexity index is 1300. The van der Waals surface area contributed by atoms with Crippen LogP contribution in [-0.2, 0) is 0 Å². The first kappa shape index (κ1) is 18.6. The van der Waals surface area contributed by atoms with Crippen LogP contribution in [0.15, 0.2) is 116 Å². The summed E-state index contributed by atoms with van der Waals surface area (Å²) < 4.78 is 2.14. The van der Waals surface area contributed by atoms with Crippen LogP contribution >= 0.6 is 0 Å². The third-order valence-electron chi connectivity index (χ3n) is 5.36. The Morgan fingerprint density at radius 2 is 1.19 bits per heavy atom. The lowest BCUT2D eigenvalue weighted by molar-refractivity contribution is 1.07. The molecule has 146 valence electrons. The lowest BCUT2D eigenvalue weighted by atomic mass is 9.95. The predicted molar refractivity (Wildman–Crippen MR) is 125 cm³/mol. The fraction of sp³-hybridized carbons (Fsp3) is 0. The van der Waals surface area contributed by atoms with Gasteiger partial charge < -0.3 is 0 Å². The van der Waals surface area contributed by atoms with E-state index in [4.69, 9.17) is 5.26 Å². The summed E-state index contributed by atoms with van der Waals surface area (Å²) in [5.74, 6) is 0.838. The van der Waals surface area contributed by atoms with Gasteiger partial charge in [-0.1, -0.05) is 78.9 Å². The largest absolute Gasteiger partial charge is 0.299 e. The third kappa shape index (κ3) is 3.52. The Kier molecular flexibility index (Phi) is 4.88. The molecule has 1 heterocycles. The normalized spacial score (nSPS) is 10.5. The summed E-state index contributed by atoms with van der Waals surface area (Å²) in [7, 11) is 0. The molecular formula is C28H19N3. The summed E-state index contributed by atoms with van der Waals surface area (Å²) in [6.07, 6.45) is 3.83. The number of imidazole rings is 1. The van der Waals surface area contributed by atoms with Gasteiger partial charge in [-0.2, -0.15) is 5.26 Å². The van der Waals surface area contributed by atoms with Gasteiger partial charge >= 0.3 is 0 Å². The van der Waals surface area contributed by atoms with Crippen molar-refractivity contribution in [2.75, 3.05) is 0 Å².